The van der Waals surface area contributed by atoms with Gasteiger partial charge in [0.25, 0.3) is 0 Å². The van der Waals surface area contributed by atoms with Gasteiger partial charge in [0, 0.05) is 20.7 Å². The van der Waals surface area contributed by atoms with E-state index in [2.05, 4.69) is 15.0 Å². The van der Waals surface area contributed by atoms with E-state index in [1.54, 1.807) is 6.07 Å². The number of nitrogens with one attached hydrogen (secondary N) is 2. The first-order chi connectivity index (χ1) is 11.0. The normalized spacial score (nSPS) is 13.6. The lowest BCUT2D eigenvalue weighted by molar-refractivity contribution is 0.629. The summed E-state index contributed by atoms with van der Waals surface area (Å²) in [6.45, 7) is 0. The second-order valence-electron chi connectivity index (χ2n) is 4.74. The molecular formula is C16H11F2N3. The Kier molecular flexibility index (Phi) is 2.12. The predicted molar refractivity (Wildman–Crippen MR) is 77.1 cm³/mol. The number of rotatable bonds is 2. The van der Waals surface area contributed by atoms with Gasteiger partial charge in [-0.1, -0.05) is 12.1 Å². The van der Waals surface area contributed by atoms with Crippen molar-refractivity contribution in [3.05, 3.63) is 65.6 Å². The minimum absolute atomic E-state index is 0.0447. The Labute approximate surface area is 121 Å². The second kappa shape index (κ2) is 4.41. The Morgan fingerprint density at radius 1 is 1.19 bits per heavy atom. The molecule has 21 heavy (non-hydrogen) atoms. The Balaban J connectivity index is 1.91. The third-order valence-corrected chi connectivity index (χ3v) is 3.36. The Morgan fingerprint density at radius 2 is 2.10 bits per heavy atom. The fraction of sp³-hybridized carbons (Fsp3) is 0.0625. The smallest absolute Gasteiger partial charge is 0.147 e. The van der Waals surface area contributed by atoms with E-state index >= 15 is 0 Å². The monoisotopic (exact) mass is 285 g/mol. The van der Waals surface area contributed by atoms with Crippen molar-refractivity contribution in [3.8, 4) is 0 Å². The second-order valence-corrected chi connectivity index (χ2v) is 4.74. The minimum atomic E-state index is -1.98. The molecule has 4 aromatic rings. The lowest BCUT2D eigenvalue weighted by Gasteiger charge is -1.96. The van der Waals surface area contributed by atoms with Gasteiger partial charge in [0.05, 0.1) is 16.6 Å². The van der Waals surface area contributed by atoms with Gasteiger partial charge in [-0.15, -0.1) is 0 Å². The number of fused-ring (bicyclic) bond motifs is 2. The van der Waals surface area contributed by atoms with Gasteiger partial charge < -0.3 is 9.97 Å². The summed E-state index contributed by atoms with van der Waals surface area (Å²) in [4.78, 5) is 9.77. The SMILES string of the molecule is [2H]C([2H])(c1nc2ccc(F)cc2[nH]1)c1c[nH]c2c(F)cccc12. The molecule has 2 aromatic carbocycles. The molecule has 0 atom stereocenters. The molecular weight excluding hydrogens is 272 g/mol. The van der Waals surface area contributed by atoms with Crippen molar-refractivity contribution in [3.63, 3.8) is 0 Å². The van der Waals surface area contributed by atoms with Gasteiger partial charge in [0.15, 0.2) is 0 Å². The van der Waals surface area contributed by atoms with Crippen LogP contribution in [-0.4, -0.2) is 15.0 Å². The molecule has 5 heteroatoms. The Hall–Kier alpha value is -2.69. The zero-order valence-corrected chi connectivity index (χ0v) is 10.7. The van der Waals surface area contributed by atoms with Gasteiger partial charge in [-0.2, -0.15) is 0 Å². The van der Waals surface area contributed by atoms with E-state index in [4.69, 9.17) is 2.74 Å². The lowest BCUT2D eigenvalue weighted by Crippen LogP contribution is -1.89. The molecule has 2 N–H and O–H groups in total. The summed E-state index contributed by atoms with van der Waals surface area (Å²) in [6.07, 6.45) is -0.553. The zero-order chi connectivity index (χ0) is 16.2. The Bertz CT molecular complexity index is 1040. The molecule has 0 aliphatic carbocycles. The first-order valence-corrected chi connectivity index (χ1v) is 6.38. The fourth-order valence-corrected chi connectivity index (χ4v) is 2.39. The van der Waals surface area contributed by atoms with Crippen LogP contribution in [-0.2, 0) is 6.37 Å². The van der Waals surface area contributed by atoms with E-state index in [0.29, 0.717) is 16.4 Å². The van der Waals surface area contributed by atoms with E-state index in [0.717, 1.165) is 0 Å². The molecule has 0 fully saturated rings. The van der Waals surface area contributed by atoms with Crippen molar-refractivity contribution in [1.29, 1.82) is 0 Å². The van der Waals surface area contributed by atoms with Crippen LogP contribution in [0.25, 0.3) is 21.9 Å². The van der Waals surface area contributed by atoms with Gasteiger partial charge in [0.2, 0.25) is 0 Å². The molecule has 3 nitrogen and oxygen atoms in total. The average Bonchev–Trinajstić information content (AvgIpc) is 3.11. The van der Waals surface area contributed by atoms with Crippen LogP contribution in [0.3, 0.4) is 0 Å². The summed E-state index contributed by atoms with van der Waals surface area (Å²) in [7, 11) is 0. The fourth-order valence-electron chi connectivity index (χ4n) is 2.39. The highest BCUT2D eigenvalue weighted by Crippen LogP contribution is 2.23. The number of H-pyrrole nitrogens is 2. The van der Waals surface area contributed by atoms with Gasteiger partial charge in [-0.3, -0.25) is 0 Å². The number of benzene rings is 2. The van der Waals surface area contributed by atoms with Crippen LogP contribution in [0.2, 0.25) is 0 Å². The van der Waals surface area contributed by atoms with Crippen molar-refractivity contribution in [2.75, 3.05) is 0 Å². The van der Waals surface area contributed by atoms with Gasteiger partial charge in [0.1, 0.15) is 17.5 Å². The largest absolute Gasteiger partial charge is 0.359 e. The summed E-state index contributed by atoms with van der Waals surface area (Å²) >= 11 is 0. The van der Waals surface area contributed by atoms with Crippen molar-refractivity contribution in [2.45, 2.75) is 6.37 Å². The van der Waals surface area contributed by atoms with E-state index in [1.807, 2.05) is 0 Å². The maximum atomic E-state index is 13.8. The van der Waals surface area contributed by atoms with Crippen LogP contribution < -0.4 is 0 Å². The van der Waals surface area contributed by atoms with Gasteiger partial charge in [-0.05, 0) is 29.8 Å². The van der Waals surface area contributed by atoms with Crippen molar-refractivity contribution >= 4 is 21.9 Å². The first-order valence-electron chi connectivity index (χ1n) is 7.38. The number of hydrogen-bond acceptors (Lipinski definition) is 1. The summed E-state index contributed by atoms with van der Waals surface area (Å²) < 4.78 is 43.9. The van der Waals surface area contributed by atoms with Crippen LogP contribution in [0, 0.1) is 11.6 Å². The molecule has 0 unspecified atom stereocenters. The maximum Gasteiger partial charge on any atom is 0.147 e. The first kappa shape index (κ1) is 10.1. The minimum Gasteiger partial charge on any atom is -0.359 e. The van der Waals surface area contributed by atoms with Gasteiger partial charge in [-0.25, -0.2) is 13.8 Å². The highest BCUT2D eigenvalue weighted by molar-refractivity contribution is 5.84. The molecule has 0 aliphatic heterocycles. The van der Waals surface area contributed by atoms with E-state index in [1.165, 1.54) is 36.5 Å². The molecule has 2 heterocycles. The van der Waals surface area contributed by atoms with Crippen LogP contribution >= 0.6 is 0 Å². The lowest BCUT2D eigenvalue weighted by atomic mass is 10.1. The molecule has 0 amide bonds. The number of halogens is 2. The van der Waals surface area contributed by atoms with Crippen molar-refractivity contribution in [1.82, 2.24) is 15.0 Å². The molecule has 104 valence electrons. The molecule has 0 saturated carbocycles. The van der Waals surface area contributed by atoms with Crippen molar-refractivity contribution < 1.29 is 11.5 Å². The number of hydrogen-bond donors (Lipinski definition) is 2. The molecule has 4 rings (SSSR count). The third kappa shape index (κ3) is 1.98. The number of para-hydroxylation sites is 1. The number of aromatic amines is 2. The predicted octanol–water partition coefficient (Wildman–Crippen LogP) is 3.91. The van der Waals surface area contributed by atoms with Crippen LogP contribution in [0.1, 0.15) is 14.1 Å². The molecule has 0 aliphatic rings. The molecule has 0 bridgehead atoms. The summed E-state index contributed by atoms with van der Waals surface area (Å²) in [5.41, 5.74) is 1.39. The van der Waals surface area contributed by atoms with Crippen LogP contribution in [0.15, 0.2) is 42.6 Å². The average molecular weight is 285 g/mol. The van der Waals surface area contributed by atoms with E-state index in [-0.39, 0.29) is 16.9 Å². The van der Waals surface area contributed by atoms with Crippen LogP contribution in [0.4, 0.5) is 8.78 Å². The number of nitrogens with zero attached hydrogens (tertiary/aromatic N) is 1. The van der Waals surface area contributed by atoms with Crippen molar-refractivity contribution in [2.24, 2.45) is 0 Å². The summed E-state index contributed by atoms with van der Waals surface area (Å²) in [6, 6.07) is 8.49. The number of imidazole rings is 1. The van der Waals surface area contributed by atoms with Gasteiger partial charge >= 0.3 is 0 Å². The van der Waals surface area contributed by atoms with E-state index in [9.17, 15) is 8.78 Å². The highest BCUT2D eigenvalue weighted by atomic mass is 19.1. The standard InChI is InChI=1S/C16H11F2N3/c17-10-4-5-13-14(7-10)21-15(20-13)6-9-8-19-16-11(9)2-1-3-12(16)18/h1-5,7-8,19H,6H2,(H,20,21)/i6D2. The highest BCUT2D eigenvalue weighted by Gasteiger charge is 2.10. The molecule has 0 radical (unpaired) electrons. The number of aromatic nitrogens is 3. The summed E-state index contributed by atoms with van der Waals surface area (Å²) in [5, 5.41) is 0.446. The molecule has 0 spiro atoms. The molecule has 2 aromatic heterocycles. The third-order valence-electron chi connectivity index (χ3n) is 3.36. The summed E-state index contributed by atoms with van der Waals surface area (Å²) in [5.74, 6) is -0.832. The molecule has 0 saturated heterocycles. The topological polar surface area (TPSA) is 44.5 Å². The van der Waals surface area contributed by atoms with Crippen LogP contribution in [0.5, 0.6) is 0 Å². The quantitative estimate of drug-likeness (QED) is 0.576. The Morgan fingerprint density at radius 3 is 3.00 bits per heavy atom. The van der Waals surface area contributed by atoms with E-state index < -0.39 is 18.0 Å². The zero-order valence-electron chi connectivity index (χ0n) is 12.7. The maximum absolute atomic E-state index is 13.8.